The van der Waals surface area contributed by atoms with Crippen molar-refractivity contribution in [2.45, 2.75) is 17.3 Å². The molecular formula is C5H7HgO2. The van der Waals surface area contributed by atoms with E-state index in [1.54, 1.807) is 0 Å². The summed E-state index contributed by atoms with van der Waals surface area (Å²) >= 11 is 0.276. The summed E-state index contributed by atoms with van der Waals surface area (Å²) in [5, 5.41) is 0. The molecule has 2 nitrogen and oxygen atoms in total. The van der Waals surface area contributed by atoms with Gasteiger partial charge in [0.05, 0.1) is 0 Å². The van der Waals surface area contributed by atoms with Crippen LogP contribution in [0, 0.1) is 0 Å². The summed E-state index contributed by atoms with van der Waals surface area (Å²) in [6.45, 7) is 2.94. The number of Topliss-reactive ketones (excluding diaryl/α,β-unsaturated/α-hetero) is 2. The second-order valence-corrected chi connectivity index (χ2v) is 4.95. The van der Waals surface area contributed by atoms with E-state index in [2.05, 4.69) is 0 Å². The molecule has 0 heterocycles. The topological polar surface area (TPSA) is 34.1 Å². The molecule has 0 rings (SSSR count). The van der Waals surface area contributed by atoms with Gasteiger partial charge in [-0.25, -0.2) is 0 Å². The Kier molecular flexibility index (Phi) is 3.44. The molecule has 41 valence electrons. The molecule has 0 aliphatic rings. The molecule has 0 unspecified atom stereocenters. The second-order valence-electron chi connectivity index (χ2n) is 1.77. The van der Waals surface area contributed by atoms with Crippen LogP contribution in [0.1, 0.15) is 13.8 Å². The molecule has 0 aromatic rings. The van der Waals surface area contributed by atoms with Gasteiger partial charge in [-0.1, -0.05) is 0 Å². The molecule has 8 heavy (non-hydrogen) atoms. The molecule has 0 saturated heterocycles. The summed E-state index contributed by atoms with van der Waals surface area (Å²) in [7, 11) is 0. The van der Waals surface area contributed by atoms with Crippen molar-refractivity contribution in [3.8, 4) is 0 Å². The first-order chi connectivity index (χ1) is 3.55. The van der Waals surface area contributed by atoms with E-state index in [1.165, 1.54) is 13.8 Å². The van der Waals surface area contributed by atoms with E-state index >= 15 is 0 Å². The Morgan fingerprint density at radius 3 is 1.50 bits per heavy atom. The summed E-state index contributed by atoms with van der Waals surface area (Å²) in [5.74, 6) is 0.0571. The quantitative estimate of drug-likeness (QED) is 0.550. The van der Waals surface area contributed by atoms with Crippen LogP contribution in [0.25, 0.3) is 0 Å². The van der Waals surface area contributed by atoms with Crippen molar-refractivity contribution in [3.63, 3.8) is 0 Å². The molecule has 0 aliphatic carbocycles. The summed E-state index contributed by atoms with van der Waals surface area (Å²) in [6.07, 6.45) is 0. The maximum atomic E-state index is 10.4. The number of carbonyl (C=O) groups is 2. The van der Waals surface area contributed by atoms with Crippen LogP contribution in [-0.4, -0.2) is 11.6 Å². The maximum absolute atomic E-state index is 10.4. The van der Waals surface area contributed by atoms with Gasteiger partial charge in [0.15, 0.2) is 0 Å². The molecule has 0 aliphatic heterocycles. The average Bonchev–Trinajstić information content (AvgIpc) is 1.64. The van der Waals surface area contributed by atoms with Gasteiger partial charge in [-0.2, -0.15) is 0 Å². The SMILES string of the molecule is CC(=O)[CH]([Hg])C(C)=O. The number of hydrogen-bond acceptors (Lipinski definition) is 2. The molecule has 0 fully saturated rings. The van der Waals surface area contributed by atoms with Crippen LogP contribution < -0.4 is 0 Å². The van der Waals surface area contributed by atoms with Crippen LogP contribution >= 0.6 is 0 Å². The number of ketones is 2. The molecule has 0 spiro atoms. The van der Waals surface area contributed by atoms with Gasteiger partial charge in [0.1, 0.15) is 0 Å². The number of carbonyl (C=O) groups excluding carboxylic acids is 2. The first kappa shape index (κ1) is 8.28. The van der Waals surface area contributed by atoms with Gasteiger partial charge in [0.2, 0.25) is 0 Å². The van der Waals surface area contributed by atoms with Gasteiger partial charge in [0, 0.05) is 0 Å². The molecule has 0 saturated carbocycles. The molecular weight excluding hydrogens is 293 g/mol. The number of rotatable bonds is 2. The van der Waals surface area contributed by atoms with Crippen molar-refractivity contribution in [2.75, 3.05) is 0 Å². The van der Waals surface area contributed by atoms with E-state index < -0.39 is 0 Å². The van der Waals surface area contributed by atoms with Gasteiger partial charge in [-0.3, -0.25) is 0 Å². The fourth-order valence-electron chi connectivity index (χ4n) is 0.286. The van der Waals surface area contributed by atoms with E-state index in [-0.39, 0.29) is 41.1 Å². The van der Waals surface area contributed by atoms with Crippen molar-refractivity contribution in [3.05, 3.63) is 0 Å². The third-order valence-electron chi connectivity index (χ3n) is 0.981. The average molecular weight is 300 g/mol. The Hall–Kier alpha value is 0.275. The molecule has 0 atom stereocenters. The Bertz CT molecular complexity index is 106. The van der Waals surface area contributed by atoms with Crippen LogP contribution in [0.3, 0.4) is 0 Å². The molecule has 0 aromatic carbocycles. The molecule has 0 N–H and O–H groups in total. The summed E-state index contributed by atoms with van der Waals surface area (Å²) in [5.41, 5.74) is 0. The summed E-state index contributed by atoms with van der Waals surface area (Å²) < 4.78 is -0.213. The van der Waals surface area contributed by atoms with Crippen LogP contribution in [0.2, 0.25) is 3.43 Å². The van der Waals surface area contributed by atoms with Crippen molar-refractivity contribution in [1.82, 2.24) is 0 Å². The Balaban J connectivity index is 3.83. The van der Waals surface area contributed by atoms with E-state index in [1.807, 2.05) is 0 Å². The zero-order chi connectivity index (χ0) is 6.73. The predicted molar refractivity (Wildman–Crippen MR) is 25.1 cm³/mol. The van der Waals surface area contributed by atoms with Crippen molar-refractivity contribution < 1.29 is 35.7 Å². The standard InChI is InChI=1S/C5H7O2.Hg/c1-4(6)3-5(2)7;/h3H,1-2H3;. The van der Waals surface area contributed by atoms with Gasteiger partial charge >= 0.3 is 64.6 Å². The van der Waals surface area contributed by atoms with Crippen LogP contribution in [0.5, 0.6) is 0 Å². The first-order valence-corrected chi connectivity index (χ1v) is 5.57. The first-order valence-electron chi connectivity index (χ1n) is 2.39. The van der Waals surface area contributed by atoms with E-state index in [4.69, 9.17) is 0 Å². The van der Waals surface area contributed by atoms with Gasteiger partial charge in [-0.05, 0) is 0 Å². The van der Waals surface area contributed by atoms with Gasteiger partial charge < -0.3 is 0 Å². The fourth-order valence-corrected chi connectivity index (χ4v) is 0.286. The molecule has 0 radical (unpaired) electrons. The Morgan fingerprint density at radius 1 is 1.25 bits per heavy atom. The zero-order valence-electron chi connectivity index (χ0n) is 5.10. The normalized spacial score (nSPS) is 9.62. The second kappa shape index (κ2) is 3.33. The fraction of sp³-hybridized carbons (Fsp3) is 0.600. The van der Waals surface area contributed by atoms with E-state index in [0.717, 1.165) is 0 Å². The minimum absolute atomic E-state index is 0.0285. The minimum atomic E-state index is -0.213. The molecule has 0 amide bonds. The van der Waals surface area contributed by atoms with Crippen LogP contribution in [0.15, 0.2) is 0 Å². The molecule has 0 bridgehead atoms. The molecule has 0 aromatic heterocycles. The van der Waals surface area contributed by atoms with Crippen LogP contribution in [-0.2, 0) is 35.7 Å². The van der Waals surface area contributed by atoms with Crippen molar-refractivity contribution in [2.24, 2.45) is 0 Å². The summed E-state index contributed by atoms with van der Waals surface area (Å²) in [4.78, 5) is 20.8. The van der Waals surface area contributed by atoms with Crippen LogP contribution in [0.4, 0.5) is 0 Å². The Labute approximate surface area is 64.6 Å². The summed E-state index contributed by atoms with van der Waals surface area (Å²) in [6, 6.07) is 0. The van der Waals surface area contributed by atoms with E-state index in [0.29, 0.717) is 0 Å². The third-order valence-corrected chi connectivity index (χ3v) is 5.45. The zero-order valence-corrected chi connectivity index (χ0v) is 10.6. The Morgan fingerprint density at radius 2 is 1.50 bits per heavy atom. The molecule has 3 heteroatoms. The van der Waals surface area contributed by atoms with Crippen molar-refractivity contribution in [1.29, 1.82) is 0 Å². The van der Waals surface area contributed by atoms with Gasteiger partial charge in [0.25, 0.3) is 0 Å². The third kappa shape index (κ3) is 2.55. The monoisotopic (exact) mass is 301 g/mol. The van der Waals surface area contributed by atoms with Gasteiger partial charge in [-0.15, -0.1) is 0 Å². The number of hydrogen-bond donors (Lipinski definition) is 0. The predicted octanol–water partition coefficient (Wildman–Crippen LogP) is 0.500. The van der Waals surface area contributed by atoms with E-state index in [9.17, 15) is 9.59 Å². The van der Waals surface area contributed by atoms with Crippen molar-refractivity contribution >= 4 is 11.6 Å².